The lowest BCUT2D eigenvalue weighted by Gasteiger charge is -2.42. The van der Waals surface area contributed by atoms with Gasteiger partial charge in [-0.05, 0) is 73.3 Å². The van der Waals surface area contributed by atoms with Crippen LogP contribution in [0.1, 0.15) is 82.6 Å². The Labute approximate surface area is 190 Å². The summed E-state index contributed by atoms with van der Waals surface area (Å²) in [7, 11) is 0. The largest absolute Gasteiger partial charge is 0.489 e. The predicted octanol–water partition coefficient (Wildman–Crippen LogP) is 8.70. The van der Waals surface area contributed by atoms with E-state index in [1.165, 1.54) is 56.7 Å². The van der Waals surface area contributed by atoms with Crippen LogP contribution in [-0.4, -0.2) is 6.61 Å². The lowest BCUT2D eigenvalue weighted by molar-refractivity contribution is 0.111. The number of rotatable bonds is 8. The highest BCUT2D eigenvalue weighted by molar-refractivity contribution is 5.86. The summed E-state index contributed by atoms with van der Waals surface area (Å²) >= 11 is 0. The number of fused-ring (bicyclic) bond motifs is 2. The maximum absolute atomic E-state index is 15.5. The van der Waals surface area contributed by atoms with Gasteiger partial charge in [-0.15, -0.1) is 0 Å². The van der Waals surface area contributed by atoms with Gasteiger partial charge in [-0.25, -0.2) is 13.2 Å². The molecule has 1 nitrogen and oxygen atoms in total. The number of ether oxygens (including phenoxy) is 1. The third-order valence-electron chi connectivity index (χ3n) is 7.80. The SMILES string of the molecule is C=CCOc1cc(F)c2c(F)c([C@@H]3CC[C@@H]4CC(CCCCC)CCC4C3)c(F)cc2c1. The van der Waals surface area contributed by atoms with Crippen molar-refractivity contribution >= 4 is 10.8 Å². The van der Waals surface area contributed by atoms with Gasteiger partial charge in [0.05, 0.1) is 5.39 Å². The molecule has 0 radical (unpaired) electrons. The number of halogens is 3. The van der Waals surface area contributed by atoms with Crippen LogP contribution in [0.3, 0.4) is 0 Å². The van der Waals surface area contributed by atoms with Gasteiger partial charge < -0.3 is 4.74 Å². The van der Waals surface area contributed by atoms with E-state index < -0.39 is 17.5 Å². The molecule has 0 spiro atoms. The van der Waals surface area contributed by atoms with Crippen molar-refractivity contribution in [2.24, 2.45) is 17.8 Å². The van der Waals surface area contributed by atoms with Crippen LogP contribution in [-0.2, 0) is 0 Å². The average molecular weight is 445 g/mol. The van der Waals surface area contributed by atoms with Crippen LogP contribution in [0.25, 0.3) is 10.8 Å². The zero-order valence-corrected chi connectivity index (χ0v) is 19.1. The van der Waals surface area contributed by atoms with E-state index in [0.717, 1.165) is 31.6 Å². The monoisotopic (exact) mass is 444 g/mol. The van der Waals surface area contributed by atoms with Crippen LogP contribution in [0, 0.1) is 35.2 Å². The van der Waals surface area contributed by atoms with Gasteiger partial charge in [0.1, 0.15) is 29.8 Å². The molecule has 32 heavy (non-hydrogen) atoms. The van der Waals surface area contributed by atoms with E-state index in [2.05, 4.69) is 13.5 Å². The van der Waals surface area contributed by atoms with E-state index in [4.69, 9.17) is 4.74 Å². The number of benzene rings is 2. The fourth-order valence-corrected chi connectivity index (χ4v) is 6.21. The standard InChI is InChI=1S/C28H35F3O/c1-3-5-6-7-18-8-9-20-14-21(11-10-19(20)13-18)26-24(29)16-22-15-23(32-12-4-2)17-25(30)27(22)28(26)31/h4,15-21H,2-3,5-14H2,1H3/t18?,19-,20?,21-/m1/s1. The van der Waals surface area contributed by atoms with Crippen molar-refractivity contribution in [2.45, 2.75) is 77.0 Å². The molecular formula is C28H35F3O. The quantitative estimate of drug-likeness (QED) is 0.292. The van der Waals surface area contributed by atoms with Crippen molar-refractivity contribution in [3.63, 3.8) is 0 Å². The molecule has 0 N–H and O–H groups in total. The summed E-state index contributed by atoms with van der Waals surface area (Å²) in [5.41, 5.74) is 0.0830. The molecule has 4 heteroatoms. The topological polar surface area (TPSA) is 9.23 Å². The van der Waals surface area contributed by atoms with Gasteiger partial charge in [0.25, 0.3) is 0 Å². The van der Waals surface area contributed by atoms with Crippen LogP contribution in [0.2, 0.25) is 0 Å². The minimum absolute atomic E-state index is 0.0830. The summed E-state index contributed by atoms with van der Waals surface area (Å²) in [6.07, 6.45) is 13.0. The number of hydrogen-bond acceptors (Lipinski definition) is 1. The van der Waals surface area contributed by atoms with Crippen molar-refractivity contribution in [1.29, 1.82) is 0 Å². The zero-order valence-electron chi connectivity index (χ0n) is 19.1. The van der Waals surface area contributed by atoms with E-state index in [1.54, 1.807) is 6.08 Å². The highest BCUT2D eigenvalue weighted by Gasteiger charge is 2.37. The summed E-state index contributed by atoms with van der Waals surface area (Å²) in [5, 5.41) is 0.0678. The fourth-order valence-electron chi connectivity index (χ4n) is 6.21. The third kappa shape index (κ3) is 4.84. The molecule has 2 aromatic carbocycles. The molecule has 0 amide bonds. The lowest BCUT2D eigenvalue weighted by Crippen LogP contribution is -2.31. The fraction of sp³-hybridized carbons (Fsp3) is 0.571. The van der Waals surface area contributed by atoms with Crippen molar-refractivity contribution in [3.8, 4) is 5.75 Å². The summed E-state index contributed by atoms with van der Waals surface area (Å²) in [6, 6.07) is 3.94. The first-order valence-corrected chi connectivity index (χ1v) is 12.4. The van der Waals surface area contributed by atoms with Crippen LogP contribution in [0.4, 0.5) is 13.2 Å². The van der Waals surface area contributed by atoms with E-state index in [1.807, 2.05) is 0 Å². The van der Waals surface area contributed by atoms with Gasteiger partial charge in [-0.1, -0.05) is 51.7 Å². The van der Waals surface area contributed by atoms with Crippen molar-refractivity contribution < 1.29 is 17.9 Å². The Bertz CT molecular complexity index is 954. The Morgan fingerprint density at radius 3 is 2.53 bits per heavy atom. The molecule has 2 aliphatic rings. The zero-order chi connectivity index (χ0) is 22.7. The summed E-state index contributed by atoms with van der Waals surface area (Å²) < 4.78 is 50.8. The molecule has 2 saturated carbocycles. The smallest absolute Gasteiger partial charge is 0.140 e. The second kappa shape index (κ2) is 10.3. The second-order valence-electron chi connectivity index (χ2n) is 9.89. The molecule has 4 rings (SSSR count). The van der Waals surface area contributed by atoms with E-state index in [0.29, 0.717) is 11.8 Å². The molecule has 0 saturated heterocycles. The Morgan fingerprint density at radius 2 is 1.75 bits per heavy atom. The molecule has 0 heterocycles. The third-order valence-corrected chi connectivity index (χ3v) is 7.80. The molecule has 0 bridgehead atoms. The van der Waals surface area contributed by atoms with Crippen molar-refractivity contribution in [1.82, 2.24) is 0 Å². The number of unbranched alkanes of at least 4 members (excludes halogenated alkanes) is 2. The second-order valence-corrected chi connectivity index (χ2v) is 9.89. The Kier molecular flexibility index (Phi) is 7.48. The van der Waals surface area contributed by atoms with Crippen LogP contribution in [0.15, 0.2) is 30.9 Å². The van der Waals surface area contributed by atoms with Gasteiger partial charge in [0.15, 0.2) is 0 Å². The minimum Gasteiger partial charge on any atom is -0.489 e. The molecule has 2 aromatic rings. The predicted molar refractivity (Wildman–Crippen MR) is 125 cm³/mol. The van der Waals surface area contributed by atoms with Gasteiger partial charge >= 0.3 is 0 Å². The molecule has 2 fully saturated rings. The molecule has 4 atom stereocenters. The highest BCUT2D eigenvalue weighted by Crippen LogP contribution is 2.49. The van der Waals surface area contributed by atoms with Gasteiger partial charge in [-0.3, -0.25) is 0 Å². The molecule has 174 valence electrons. The first-order valence-electron chi connectivity index (χ1n) is 12.4. The van der Waals surface area contributed by atoms with Crippen LogP contribution < -0.4 is 4.74 Å². The Balaban J connectivity index is 1.52. The summed E-state index contributed by atoms with van der Waals surface area (Å²) in [6.45, 7) is 6.01. The van der Waals surface area contributed by atoms with E-state index >= 15 is 8.78 Å². The molecular weight excluding hydrogens is 409 g/mol. The normalized spacial score (nSPS) is 25.5. The summed E-state index contributed by atoms with van der Waals surface area (Å²) in [5.74, 6) is 0.105. The lowest BCUT2D eigenvalue weighted by atomic mass is 9.63. The first kappa shape index (κ1) is 23.2. The van der Waals surface area contributed by atoms with Crippen LogP contribution >= 0.6 is 0 Å². The van der Waals surface area contributed by atoms with Crippen LogP contribution in [0.5, 0.6) is 5.75 Å². The average Bonchev–Trinajstić information content (AvgIpc) is 2.77. The van der Waals surface area contributed by atoms with E-state index in [-0.39, 0.29) is 34.6 Å². The van der Waals surface area contributed by atoms with Crippen molar-refractivity contribution in [2.75, 3.05) is 6.61 Å². The first-order chi connectivity index (χ1) is 15.5. The summed E-state index contributed by atoms with van der Waals surface area (Å²) in [4.78, 5) is 0. The van der Waals surface area contributed by atoms with Gasteiger partial charge in [-0.2, -0.15) is 0 Å². The minimum atomic E-state index is -0.732. The molecule has 2 unspecified atom stereocenters. The highest BCUT2D eigenvalue weighted by atomic mass is 19.1. The Morgan fingerprint density at radius 1 is 0.969 bits per heavy atom. The number of hydrogen-bond donors (Lipinski definition) is 0. The van der Waals surface area contributed by atoms with Crippen molar-refractivity contribution in [3.05, 3.63) is 53.9 Å². The van der Waals surface area contributed by atoms with E-state index in [9.17, 15) is 4.39 Å². The van der Waals surface area contributed by atoms with Gasteiger partial charge in [0, 0.05) is 11.6 Å². The Hall–Kier alpha value is -1.97. The maximum Gasteiger partial charge on any atom is 0.140 e. The maximum atomic E-state index is 15.5. The van der Waals surface area contributed by atoms with Gasteiger partial charge in [0.2, 0.25) is 0 Å². The molecule has 2 aliphatic carbocycles. The molecule has 0 aliphatic heterocycles. The molecule has 0 aromatic heterocycles.